The van der Waals surface area contributed by atoms with Crippen LogP contribution in [0.25, 0.3) is 0 Å². The van der Waals surface area contributed by atoms with Gasteiger partial charge in [-0.05, 0) is 17.3 Å². The molecule has 0 bridgehead atoms. The lowest BCUT2D eigenvalue weighted by molar-refractivity contribution is 0.0331. The molecule has 3 unspecified atom stereocenters. The maximum atomic E-state index is 5.48. The number of ether oxygens (including phenoxy) is 1. The van der Waals surface area contributed by atoms with Crippen molar-refractivity contribution in [2.45, 2.75) is 39.7 Å². The third kappa shape index (κ3) is 2.16. The van der Waals surface area contributed by atoms with Crippen LogP contribution >= 0.6 is 15.9 Å². The molecule has 0 saturated heterocycles. The topological polar surface area (TPSA) is 9.23 Å². The summed E-state index contributed by atoms with van der Waals surface area (Å²) in [6.45, 7) is 6.74. The van der Waals surface area contributed by atoms with E-state index in [1.54, 1.807) is 0 Å². The molecule has 2 heteroatoms. The Morgan fingerprint density at radius 1 is 1.69 bits per heavy atom. The predicted molar refractivity (Wildman–Crippen MR) is 60.0 cm³/mol. The van der Waals surface area contributed by atoms with Gasteiger partial charge in [0.05, 0.1) is 6.10 Å². The molecule has 0 heterocycles. The first-order chi connectivity index (χ1) is 6.03. The lowest BCUT2D eigenvalue weighted by Gasteiger charge is -2.38. The van der Waals surface area contributed by atoms with Crippen molar-refractivity contribution in [1.82, 2.24) is 0 Å². The van der Waals surface area contributed by atoms with Gasteiger partial charge in [-0.2, -0.15) is 0 Å². The fraction of sp³-hybridized carbons (Fsp3) is 0.818. The van der Waals surface area contributed by atoms with Gasteiger partial charge in [0.25, 0.3) is 0 Å². The molecular weight excluding hydrogens is 228 g/mol. The second-order valence-corrected chi connectivity index (χ2v) is 5.12. The second-order valence-electron chi connectivity index (χ2n) is 4.27. The van der Waals surface area contributed by atoms with Crippen LogP contribution in [0, 0.1) is 11.3 Å². The molecule has 0 fully saturated rings. The van der Waals surface area contributed by atoms with E-state index in [1.165, 1.54) is 4.48 Å². The number of allylic oxidation sites excluding steroid dienone is 1. The van der Waals surface area contributed by atoms with Gasteiger partial charge in [-0.1, -0.05) is 42.8 Å². The van der Waals surface area contributed by atoms with E-state index in [0.29, 0.717) is 12.0 Å². The maximum absolute atomic E-state index is 5.48. The summed E-state index contributed by atoms with van der Waals surface area (Å²) in [6.07, 6.45) is 4.96. The molecule has 0 aromatic carbocycles. The average Bonchev–Trinajstić information content (AvgIpc) is 2.11. The third-order valence-electron chi connectivity index (χ3n) is 3.31. The zero-order valence-corrected chi connectivity index (χ0v) is 10.5. The highest BCUT2D eigenvalue weighted by atomic mass is 79.9. The van der Waals surface area contributed by atoms with Gasteiger partial charge in [0.2, 0.25) is 0 Å². The Morgan fingerprint density at radius 2 is 2.31 bits per heavy atom. The minimum atomic E-state index is 0.285. The van der Waals surface area contributed by atoms with Gasteiger partial charge >= 0.3 is 0 Å². The Kier molecular flexibility index (Phi) is 3.58. The van der Waals surface area contributed by atoms with Gasteiger partial charge < -0.3 is 4.74 Å². The zero-order chi connectivity index (χ0) is 10.1. The molecule has 1 rings (SSSR count). The van der Waals surface area contributed by atoms with Gasteiger partial charge in [-0.3, -0.25) is 0 Å². The van der Waals surface area contributed by atoms with Crippen molar-refractivity contribution in [3.8, 4) is 0 Å². The molecule has 13 heavy (non-hydrogen) atoms. The summed E-state index contributed by atoms with van der Waals surface area (Å²) in [5, 5.41) is 0. The van der Waals surface area contributed by atoms with Crippen LogP contribution in [-0.2, 0) is 4.74 Å². The van der Waals surface area contributed by atoms with Gasteiger partial charge in [-0.15, -0.1) is 0 Å². The highest BCUT2D eigenvalue weighted by molar-refractivity contribution is 9.11. The largest absolute Gasteiger partial charge is 0.381 e. The molecule has 0 aliphatic heterocycles. The minimum Gasteiger partial charge on any atom is -0.381 e. The summed E-state index contributed by atoms with van der Waals surface area (Å²) in [6, 6.07) is 0. The van der Waals surface area contributed by atoms with Gasteiger partial charge in [0.1, 0.15) is 0 Å². The number of hydrogen-bond donors (Lipinski definition) is 0. The maximum Gasteiger partial charge on any atom is 0.0640 e. The van der Waals surface area contributed by atoms with Crippen molar-refractivity contribution in [1.29, 1.82) is 0 Å². The molecule has 0 spiro atoms. The normalized spacial score (nSPS) is 40.2. The summed E-state index contributed by atoms with van der Waals surface area (Å²) in [5.74, 6) is 0.527. The molecule has 0 N–H and O–H groups in total. The first kappa shape index (κ1) is 11.3. The van der Waals surface area contributed by atoms with E-state index in [9.17, 15) is 0 Å². The van der Waals surface area contributed by atoms with Crippen molar-refractivity contribution < 1.29 is 4.74 Å². The Balaban J connectivity index is 2.87. The van der Waals surface area contributed by atoms with E-state index >= 15 is 0 Å². The molecule has 0 amide bonds. The first-order valence-corrected chi connectivity index (χ1v) is 5.73. The van der Waals surface area contributed by atoms with E-state index in [2.05, 4.69) is 42.8 Å². The Bertz CT molecular complexity index is 212. The quantitative estimate of drug-likeness (QED) is 0.722. The van der Waals surface area contributed by atoms with Crippen LogP contribution in [-0.4, -0.2) is 13.2 Å². The van der Waals surface area contributed by atoms with Crippen LogP contribution in [0.15, 0.2) is 10.6 Å². The Hall–Kier alpha value is 0.180. The smallest absolute Gasteiger partial charge is 0.0640 e. The summed E-state index contributed by atoms with van der Waals surface area (Å²) < 4.78 is 6.83. The van der Waals surface area contributed by atoms with Crippen molar-refractivity contribution in [3.63, 3.8) is 0 Å². The predicted octanol–water partition coefficient (Wildman–Crippen LogP) is 3.74. The molecular formula is C11H19BrO. The number of methoxy groups -OCH3 is 1. The first-order valence-electron chi connectivity index (χ1n) is 4.94. The molecule has 1 aliphatic carbocycles. The molecule has 3 atom stereocenters. The monoisotopic (exact) mass is 246 g/mol. The Morgan fingerprint density at radius 3 is 2.77 bits per heavy atom. The molecule has 76 valence electrons. The van der Waals surface area contributed by atoms with Crippen LogP contribution < -0.4 is 0 Å². The average molecular weight is 247 g/mol. The lowest BCUT2D eigenvalue weighted by Crippen LogP contribution is -2.33. The zero-order valence-electron chi connectivity index (χ0n) is 8.93. The highest BCUT2D eigenvalue weighted by Gasteiger charge is 2.35. The van der Waals surface area contributed by atoms with E-state index in [0.717, 1.165) is 12.8 Å². The molecule has 0 aromatic rings. The molecule has 0 saturated carbocycles. The molecule has 0 aromatic heterocycles. The second kappa shape index (κ2) is 4.14. The molecule has 1 aliphatic rings. The summed E-state index contributed by atoms with van der Waals surface area (Å²) in [4.78, 5) is 0. The van der Waals surface area contributed by atoms with Crippen LogP contribution in [0.5, 0.6) is 0 Å². The van der Waals surface area contributed by atoms with E-state index in [4.69, 9.17) is 4.74 Å². The number of rotatable bonds is 2. The van der Waals surface area contributed by atoms with Crippen LogP contribution in [0.2, 0.25) is 0 Å². The van der Waals surface area contributed by atoms with E-state index in [1.807, 2.05) is 7.11 Å². The third-order valence-corrected chi connectivity index (χ3v) is 4.53. The summed E-state index contributed by atoms with van der Waals surface area (Å²) in [5.41, 5.74) is 0.285. The lowest BCUT2D eigenvalue weighted by atomic mass is 9.74. The van der Waals surface area contributed by atoms with Gasteiger partial charge in [0.15, 0.2) is 0 Å². The summed E-state index contributed by atoms with van der Waals surface area (Å²) in [7, 11) is 1.81. The standard InChI is InChI=1S/C11H19BrO/c1-5-11(3)7-9(13-4)8(2)6-10(11)12/h6,8-9H,5,7H2,1-4H3. The van der Waals surface area contributed by atoms with Crippen molar-refractivity contribution >= 4 is 15.9 Å². The van der Waals surface area contributed by atoms with E-state index in [-0.39, 0.29) is 5.41 Å². The van der Waals surface area contributed by atoms with Crippen molar-refractivity contribution in [3.05, 3.63) is 10.6 Å². The molecule has 0 radical (unpaired) electrons. The number of hydrogen-bond acceptors (Lipinski definition) is 1. The van der Waals surface area contributed by atoms with Crippen molar-refractivity contribution in [2.75, 3.05) is 7.11 Å². The van der Waals surface area contributed by atoms with E-state index < -0.39 is 0 Å². The Labute approximate surface area is 89.7 Å². The minimum absolute atomic E-state index is 0.285. The highest BCUT2D eigenvalue weighted by Crippen LogP contribution is 2.45. The van der Waals surface area contributed by atoms with Crippen LogP contribution in [0.1, 0.15) is 33.6 Å². The number of halogens is 1. The van der Waals surface area contributed by atoms with Crippen LogP contribution in [0.4, 0.5) is 0 Å². The fourth-order valence-electron chi connectivity index (χ4n) is 1.88. The van der Waals surface area contributed by atoms with Crippen LogP contribution in [0.3, 0.4) is 0 Å². The van der Waals surface area contributed by atoms with Gasteiger partial charge in [-0.25, -0.2) is 0 Å². The van der Waals surface area contributed by atoms with Gasteiger partial charge in [0, 0.05) is 18.4 Å². The van der Waals surface area contributed by atoms with Crippen molar-refractivity contribution in [2.24, 2.45) is 11.3 Å². The fourth-order valence-corrected chi connectivity index (χ4v) is 2.74. The molecule has 1 nitrogen and oxygen atoms in total. The summed E-state index contributed by atoms with van der Waals surface area (Å²) >= 11 is 3.67. The SMILES string of the molecule is CCC1(C)CC(OC)C(C)C=C1Br.